The molecule has 3 rings (SSSR count). The first-order chi connectivity index (χ1) is 7.68. The number of aromatic amines is 1. The van der Waals surface area contributed by atoms with E-state index in [4.69, 9.17) is 5.73 Å². The van der Waals surface area contributed by atoms with Crippen molar-refractivity contribution < 1.29 is 0 Å². The van der Waals surface area contributed by atoms with Gasteiger partial charge in [0.15, 0.2) is 0 Å². The Balaban J connectivity index is 1.85. The number of aromatic nitrogens is 2. The summed E-state index contributed by atoms with van der Waals surface area (Å²) in [6, 6.07) is 0. The van der Waals surface area contributed by atoms with Gasteiger partial charge in [0.25, 0.3) is 0 Å². The van der Waals surface area contributed by atoms with E-state index in [1.165, 1.54) is 30.5 Å². The SMILES string of the molecule is CC(C)Cc1c(N)n[nH]c1C1C2CCCC21. The highest BCUT2D eigenvalue weighted by Gasteiger charge is 2.54. The van der Waals surface area contributed by atoms with E-state index in [1.807, 2.05) is 0 Å². The summed E-state index contributed by atoms with van der Waals surface area (Å²) in [4.78, 5) is 0. The second-order valence-electron chi connectivity index (χ2n) is 5.88. The standard InChI is InChI=1S/C13H21N3/c1-7(2)6-10-12(15-16-13(10)14)11-8-4-3-5-9(8)11/h7-9,11H,3-6H2,1-2H3,(H3,14,15,16). The summed E-state index contributed by atoms with van der Waals surface area (Å²) in [6.45, 7) is 4.48. The normalized spacial score (nSPS) is 32.1. The summed E-state index contributed by atoms with van der Waals surface area (Å²) in [6.07, 6.45) is 5.31. The Labute approximate surface area is 96.8 Å². The van der Waals surface area contributed by atoms with Crippen molar-refractivity contribution in [2.75, 3.05) is 5.73 Å². The maximum absolute atomic E-state index is 5.96. The zero-order valence-corrected chi connectivity index (χ0v) is 10.2. The number of anilines is 1. The number of hydrogen-bond acceptors (Lipinski definition) is 2. The summed E-state index contributed by atoms with van der Waals surface area (Å²) >= 11 is 0. The van der Waals surface area contributed by atoms with Gasteiger partial charge in [-0.25, -0.2) is 0 Å². The number of nitrogens with zero attached hydrogens (tertiary/aromatic N) is 1. The minimum absolute atomic E-state index is 0.650. The Hall–Kier alpha value is -0.990. The van der Waals surface area contributed by atoms with Crippen molar-refractivity contribution in [1.29, 1.82) is 0 Å². The zero-order chi connectivity index (χ0) is 11.3. The number of nitrogen functional groups attached to an aromatic ring is 1. The van der Waals surface area contributed by atoms with Crippen molar-refractivity contribution >= 4 is 5.82 Å². The Kier molecular flexibility index (Phi) is 2.23. The van der Waals surface area contributed by atoms with Crippen LogP contribution in [0.5, 0.6) is 0 Å². The molecule has 88 valence electrons. The number of rotatable bonds is 3. The van der Waals surface area contributed by atoms with Crippen LogP contribution >= 0.6 is 0 Å². The molecule has 3 N–H and O–H groups in total. The lowest BCUT2D eigenvalue weighted by molar-refractivity contribution is 0.628. The molecule has 0 spiro atoms. The predicted octanol–water partition coefficient (Wildman–Crippen LogP) is 2.70. The molecular weight excluding hydrogens is 198 g/mol. The maximum Gasteiger partial charge on any atom is 0.148 e. The smallest absolute Gasteiger partial charge is 0.148 e. The number of hydrogen-bond donors (Lipinski definition) is 2. The first-order valence-corrected chi connectivity index (χ1v) is 6.51. The Bertz CT molecular complexity index is 384. The van der Waals surface area contributed by atoms with Crippen LogP contribution in [0.15, 0.2) is 0 Å². The van der Waals surface area contributed by atoms with E-state index >= 15 is 0 Å². The fraction of sp³-hybridized carbons (Fsp3) is 0.769. The Morgan fingerprint density at radius 3 is 2.69 bits per heavy atom. The summed E-state index contributed by atoms with van der Waals surface area (Å²) in [5.74, 6) is 4.01. The molecule has 0 radical (unpaired) electrons. The number of nitrogens with two attached hydrogens (primary N) is 1. The minimum atomic E-state index is 0.650. The van der Waals surface area contributed by atoms with Gasteiger partial charge in [-0.15, -0.1) is 0 Å². The van der Waals surface area contributed by atoms with Crippen molar-refractivity contribution in [3.8, 4) is 0 Å². The maximum atomic E-state index is 5.96. The number of fused-ring (bicyclic) bond motifs is 1. The van der Waals surface area contributed by atoms with Crippen molar-refractivity contribution in [1.82, 2.24) is 10.2 Å². The molecule has 16 heavy (non-hydrogen) atoms. The molecule has 3 heteroatoms. The highest BCUT2D eigenvalue weighted by Crippen LogP contribution is 2.63. The average molecular weight is 219 g/mol. The van der Waals surface area contributed by atoms with E-state index < -0.39 is 0 Å². The molecule has 0 aliphatic heterocycles. The van der Waals surface area contributed by atoms with Gasteiger partial charge >= 0.3 is 0 Å². The molecule has 2 aliphatic carbocycles. The van der Waals surface area contributed by atoms with Gasteiger partial charge < -0.3 is 5.73 Å². The molecule has 0 amide bonds. The van der Waals surface area contributed by atoms with Gasteiger partial charge in [-0.05, 0) is 37.0 Å². The van der Waals surface area contributed by atoms with Gasteiger partial charge in [0, 0.05) is 17.2 Å². The van der Waals surface area contributed by atoms with Gasteiger partial charge in [0.05, 0.1) is 0 Å². The van der Waals surface area contributed by atoms with Crippen LogP contribution in [-0.4, -0.2) is 10.2 Å². The quantitative estimate of drug-likeness (QED) is 0.821. The van der Waals surface area contributed by atoms with Crippen molar-refractivity contribution in [3.05, 3.63) is 11.3 Å². The van der Waals surface area contributed by atoms with Gasteiger partial charge in [0.2, 0.25) is 0 Å². The Morgan fingerprint density at radius 1 is 1.38 bits per heavy atom. The van der Waals surface area contributed by atoms with Crippen LogP contribution in [0.3, 0.4) is 0 Å². The van der Waals surface area contributed by atoms with Gasteiger partial charge in [0.1, 0.15) is 5.82 Å². The molecule has 2 atom stereocenters. The number of H-pyrrole nitrogens is 1. The fourth-order valence-electron chi connectivity index (χ4n) is 3.54. The van der Waals surface area contributed by atoms with Crippen LogP contribution in [0.4, 0.5) is 5.82 Å². The first kappa shape index (κ1) is 10.2. The van der Waals surface area contributed by atoms with Crippen LogP contribution in [0.2, 0.25) is 0 Å². The largest absolute Gasteiger partial charge is 0.382 e. The molecule has 2 aliphatic rings. The van der Waals surface area contributed by atoms with Crippen LogP contribution in [0.1, 0.15) is 50.3 Å². The molecule has 1 aromatic heterocycles. The van der Waals surface area contributed by atoms with Crippen LogP contribution < -0.4 is 5.73 Å². The Morgan fingerprint density at radius 2 is 2.06 bits per heavy atom. The lowest BCUT2D eigenvalue weighted by atomic mass is 9.98. The summed E-state index contributed by atoms with van der Waals surface area (Å²) in [5.41, 5.74) is 8.63. The van der Waals surface area contributed by atoms with Gasteiger partial charge in [-0.1, -0.05) is 20.3 Å². The molecule has 1 heterocycles. The topological polar surface area (TPSA) is 54.7 Å². The molecule has 0 aromatic carbocycles. The lowest BCUT2D eigenvalue weighted by Crippen LogP contribution is -2.01. The molecule has 2 unspecified atom stereocenters. The molecule has 2 fully saturated rings. The van der Waals surface area contributed by atoms with E-state index in [9.17, 15) is 0 Å². The molecule has 0 saturated heterocycles. The summed E-state index contributed by atoms with van der Waals surface area (Å²) < 4.78 is 0. The minimum Gasteiger partial charge on any atom is -0.382 e. The first-order valence-electron chi connectivity index (χ1n) is 6.51. The highest BCUT2D eigenvalue weighted by molar-refractivity contribution is 5.46. The van der Waals surface area contributed by atoms with E-state index in [1.54, 1.807) is 0 Å². The molecule has 3 nitrogen and oxygen atoms in total. The van der Waals surface area contributed by atoms with E-state index in [0.717, 1.165) is 30.0 Å². The van der Waals surface area contributed by atoms with E-state index in [2.05, 4.69) is 24.0 Å². The highest BCUT2D eigenvalue weighted by atomic mass is 15.2. The molecule has 0 bridgehead atoms. The summed E-state index contributed by atoms with van der Waals surface area (Å²) in [7, 11) is 0. The third-order valence-electron chi connectivity index (χ3n) is 4.28. The van der Waals surface area contributed by atoms with Crippen molar-refractivity contribution in [3.63, 3.8) is 0 Å². The van der Waals surface area contributed by atoms with E-state index in [0.29, 0.717) is 5.92 Å². The monoisotopic (exact) mass is 219 g/mol. The molecular formula is C13H21N3. The predicted molar refractivity (Wildman–Crippen MR) is 65.1 cm³/mol. The fourth-order valence-corrected chi connectivity index (χ4v) is 3.54. The third kappa shape index (κ3) is 1.45. The average Bonchev–Trinajstić information content (AvgIpc) is 2.63. The van der Waals surface area contributed by atoms with Crippen molar-refractivity contribution in [2.45, 2.75) is 45.4 Å². The zero-order valence-electron chi connectivity index (χ0n) is 10.2. The lowest BCUT2D eigenvalue weighted by Gasteiger charge is -2.08. The van der Waals surface area contributed by atoms with Crippen LogP contribution in [0.25, 0.3) is 0 Å². The van der Waals surface area contributed by atoms with E-state index in [-0.39, 0.29) is 0 Å². The second kappa shape index (κ2) is 3.51. The summed E-state index contributed by atoms with van der Waals surface area (Å²) in [5, 5.41) is 7.41. The van der Waals surface area contributed by atoms with Crippen LogP contribution in [0, 0.1) is 17.8 Å². The third-order valence-corrected chi connectivity index (χ3v) is 4.28. The number of nitrogens with one attached hydrogen (secondary N) is 1. The second-order valence-corrected chi connectivity index (χ2v) is 5.88. The van der Waals surface area contributed by atoms with Crippen molar-refractivity contribution in [2.24, 2.45) is 17.8 Å². The molecule has 1 aromatic rings. The molecule has 2 saturated carbocycles. The van der Waals surface area contributed by atoms with Crippen LogP contribution in [-0.2, 0) is 6.42 Å². The van der Waals surface area contributed by atoms with Gasteiger partial charge in [-0.3, -0.25) is 5.10 Å². The van der Waals surface area contributed by atoms with Gasteiger partial charge in [-0.2, -0.15) is 5.10 Å².